The number of halogens is 1. The van der Waals surface area contributed by atoms with E-state index in [-0.39, 0.29) is 5.75 Å². The molecule has 0 spiro atoms. The van der Waals surface area contributed by atoms with E-state index in [1.54, 1.807) is 22.7 Å². The molecule has 2 aromatic rings. The number of aromatic nitrogens is 2. The second-order valence-electron chi connectivity index (χ2n) is 3.35. The van der Waals surface area contributed by atoms with Crippen molar-refractivity contribution in [2.45, 2.75) is 12.8 Å². The first kappa shape index (κ1) is 10.3. The van der Waals surface area contributed by atoms with Crippen LogP contribution in [0.1, 0.15) is 12.2 Å². The van der Waals surface area contributed by atoms with E-state index in [1.807, 2.05) is 0 Å². The Morgan fingerprint density at radius 2 is 2.27 bits per heavy atom. The van der Waals surface area contributed by atoms with E-state index in [4.69, 9.17) is 17.3 Å². The van der Waals surface area contributed by atoms with Gasteiger partial charge in [-0.25, -0.2) is 4.98 Å². The van der Waals surface area contributed by atoms with Crippen LogP contribution in [0.5, 0.6) is 5.75 Å². The number of hydrogen-bond donors (Lipinski definition) is 2. The first-order chi connectivity index (χ1) is 7.22. The summed E-state index contributed by atoms with van der Waals surface area (Å²) in [6.45, 7) is 0.616. The molecule has 2 aromatic heterocycles. The molecule has 3 N–H and O–H groups in total. The van der Waals surface area contributed by atoms with Crippen LogP contribution in [0.3, 0.4) is 0 Å². The fourth-order valence-electron chi connectivity index (χ4n) is 1.53. The Morgan fingerprint density at radius 1 is 1.47 bits per heavy atom. The molecule has 0 radical (unpaired) electrons. The van der Waals surface area contributed by atoms with Crippen molar-refractivity contribution in [3.05, 3.63) is 29.3 Å². The van der Waals surface area contributed by atoms with Gasteiger partial charge in [0.05, 0.1) is 11.7 Å². The third-order valence-corrected chi connectivity index (χ3v) is 2.53. The molecule has 0 atom stereocenters. The summed E-state index contributed by atoms with van der Waals surface area (Å²) in [5.74, 6) is 1.03. The van der Waals surface area contributed by atoms with Gasteiger partial charge in [-0.3, -0.25) is 4.40 Å². The molecule has 0 aliphatic heterocycles. The maximum Gasteiger partial charge on any atom is 0.155 e. The Labute approximate surface area is 92.3 Å². The highest BCUT2D eigenvalue weighted by Gasteiger charge is 2.08. The minimum Gasteiger partial charge on any atom is -0.506 e. The Kier molecular flexibility index (Phi) is 2.79. The summed E-state index contributed by atoms with van der Waals surface area (Å²) in [5.41, 5.74) is 6.24. The van der Waals surface area contributed by atoms with Crippen LogP contribution in [-0.4, -0.2) is 21.0 Å². The number of pyridine rings is 1. The number of fused-ring (bicyclic) bond motifs is 1. The predicted molar refractivity (Wildman–Crippen MR) is 59.2 cm³/mol. The molecule has 0 saturated carbocycles. The lowest BCUT2D eigenvalue weighted by Gasteiger charge is -2.00. The predicted octanol–water partition coefficient (Wildman–Crippen LogP) is 1.58. The topological polar surface area (TPSA) is 63.5 Å². The molecule has 0 bridgehead atoms. The number of hydrogen-bond acceptors (Lipinski definition) is 3. The molecular weight excluding hydrogens is 214 g/mol. The van der Waals surface area contributed by atoms with Crippen LogP contribution in [0.25, 0.3) is 5.52 Å². The van der Waals surface area contributed by atoms with Gasteiger partial charge < -0.3 is 10.8 Å². The maximum atomic E-state index is 9.37. The van der Waals surface area contributed by atoms with Gasteiger partial charge in [0.25, 0.3) is 0 Å². The van der Waals surface area contributed by atoms with Crippen LogP contribution < -0.4 is 5.73 Å². The SMILES string of the molecule is NCCCc1nc(Cl)c2ccc(O)cn12. The number of nitrogens with two attached hydrogens (primary N) is 1. The van der Waals surface area contributed by atoms with Gasteiger partial charge in [0, 0.05) is 6.42 Å². The van der Waals surface area contributed by atoms with Crippen LogP contribution >= 0.6 is 11.6 Å². The molecule has 0 aliphatic carbocycles. The molecule has 0 aromatic carbocycles. The quantitative estimate of drug-likeness (QED) is 0.834. The molecule has 0 fully saturated rings. The molecule has 0 unspecified atom stereocenters. The molecule has 0 amide bonds. The first-order valence-corrected chi connectivity index (χ1v) is 5.15. The summed E-state index contributed by atoms with van der Waals surface area (Å²) in [6.07, 6.45) is 3.22. The number of rotatable bonds is 3. The van der Waals surface area contributed by atoms with Crippen molar-refractivity contribution in [3.63, 3.8) is 0 Å². The Balaban J connectivity index is 2.49. The van der Waals surface area contributed by atoms with Crippen molar-refractivity contribution < 1.29 is 5.11 Å². The van der Waals surface area contributed by atoms with Crippen LogP contribution in [0.4, 0.5) is 0 Å². The highest BCUT2D eigenvalue weighted by atomic mass is 35.5. The highest BCUT2D eigenvalue weighted by Crippen LogP contribution is 2.21. The number of aryl methyl sites for hydroxylation is 1. The lowest BCUT2D eigenvalue weighted by Crippen LogP contribution is -2.02. The monoisotopic (exact) mass is 225 g/mol. The van der Waals surface area contributed by atoms with Crippen molar-refractivity contribution in [2.75, 3.05) is 6.54 Å². The van der Waals surface area contributed by atoms with Gasteiger partial charge in [-0.1, -0.05) is 11.6 Å². The van der Waals surface area contributed by atoms with Gasteiger partial charge in [0.2, 0.25) is 0 Å². The van der Waals surface area contributed by atoms with E-state index in [0.29, 0.717) is 11.7 Å². The lowest BCUT2D eigenvalue weighted by atomic mass is 10.3. The van der Waals surface area contributed by atoms with Gasteiger partial charge >= 0.3 is 0 Å². The second-order valence-corrected chi connectivity index (χ2v) is 3.71. The summed E-state index contributed by atoms with van der Waals surface area (Å²) >= 11 is 5.96. The number of nitrogens with zero attached hydrogens (tertiary/aromatic N) is 2. The van der Waals surface area contributed by atoms with Crippen molar-refractivity contribution in [3.8, 4) is 5.75 Å². The zero-order valence-corrected chi connectivity index (χ0v) is 8.91. The normalized spacial score (nSPS) is 11.1. The molecule has 15 heavy (non-hydrogen) atoms. The fraction of sp³-hybridized carbons (Fsp3) is 0.300. The van der Waals surface area contributed by atoms with Crippen molar-refractivity contribution in [1.29, 1.82) is 0 Å². The smallest absolute Gasteiger partial charge is 0.155 e. The van der Waals surface area contributed by atoms with E-state index in [0.717, 1.165) is 24.2 Å². The van der Waals surface area contributed by atoms with Gasteiger partial charge in [-0.05, 0) is 25.1 Å². The summed E-state index contributed by atoms with van der Waals surface area (Å²) in [6, 6.07) is 3.34. The standard InChI is InChI=1S/C10H12ClN3O/c11-10-8-4-3-7(15)6-14(8)9(13-10)2-1-5-12/h3-4,6,15H,1-2,5,12H2. The second kappa shape index (κ2) is 4.08. The van der Waals surface area contributed by atoms with Crippen molar-refractivity contribution >= 4 is 17.1 Å². The molecule has 4 nitrogen and oxygen atoms in total. The summed E-state index contributed by atoms with van der Waals surface area (Å²) in [4.78, 5) is 4.23. The molecular formula is C10H12ClN3O. The number of aromatic hydroxyl groups is 1. The average Bonchev–Trinajstić information content (AvgIpc) is 2.52. The molecule has 2 rings (SSSR count). The fourth-order valence-corrected chi connectivity index (χ4v) is 1.78. The zero-order valence-electron chi connectivity index (χ0n) is 8.15. The van der Waals surface area contributed by atoms with Crippen molar-refractivity contribution in [2.24, 2.45) is 5.73 Å². The number of imidazole rings is 1. The van der Waals surface area contributed by atoms with Gasteiger partial charge in [0.1, 0.15) is 11.6 Å². The van der Waals surface area contributed by atoms with E-state index in [9.17, 15) is 5.11 Å². The van der Waals surface area contributed by atoms with Crippen LogP contribution in [0.15, 0.2) is 18.3 Å². The van der Waals surface area contributed by atoms with Crippen LogP contribution in [0, 0.1) is 0 Å². The third kappa shape index (κ3) is 1.91. The summed E-state index contributed by atoms with van der Waals surface area (Å²) in [5, 5.41) is 9.83. The van der Waals surface area contributed by atoms with Crippen LogP contribution in [-0.2, 0) is 6.42 Å². The summed E-state index contributed by atoms with van der Waals surface area (Å²) in [7, 11) is 0. The minimum atomic E-state index is 0.200. The molecule has 80 valence electrons. The molecule has 0 aliphatic rings. The van der Waals surface area contributed by atoms with Crippen LogP contribution in [0.2, 0.25) is 5.15 Å². The average molecular weight is 226 g/mol. The lowest BCUT2D eigenvalue weighted by molar-refractivity contribution is 0.471. The maximum absolute atomic E-state index is 9.37. The van der Waals surface area contributed by atoms with E-state index >= 15 is 0 Å². The van der Waals surface area contributed by atoms with Gasteiger partial charge in [0.15, 0.2) is 5.15 Å². The largest absolute Gasteiger partial charge is 0.506 e. The molecule has 5 heteroatoms. The molecule has 2 heterocycles. The van der Waals surface area contributed by atoms with E-state index in [2.05, 4.69) is 4.98 Å². The van der Waals surface area contributed by atoms with E-state index < -0.39 is 0 Å². The first-order valence-electron chi connectivity index (χ1n) is 4.78. The molecule has 0 saturated heterocycles. The minimum absolute atomic E-state index is 0.200. The van der Waals surface area contributed by atoms with Crippen molar-refractivity contribution in [1.82, 2.24) is 9.38 Å². The highest BCUT2D eigenvalue weighted by molar-refractivity contribution is 6.32. The van der Waals surface area contributed by atoms with Gasteiger partial charge in [-0.2, -0.15) is 0 Å². The Bertz CT molecular complexity index is 481. The Morgan fingerprint density at radius 3 is 3.00 bits per heavy atom. The van der Waals surface area contributed by atoms with E-state index in [1.165, 1.54) is 0 Å². The van der Waals surface area contributed by atoms with Gasteiger partial charge in [-0.15, -0.1) is 0 Å². The third-order valence-electron chi connectivity index (χ3n) is 2.25. The zero-order chi connectivity index (χ0) is 10.8. The summed E-state index contributed by atoms with van der Waals surface area (Å²) < 4.78 is 1.80. The Hall–Kier alpha value is -1.26.